The Morgan fingerprint density at radius 2 is 2.00 bits per heavy atom. The van der Waals surface area contributed by atoms with E-state index in [1.165, 1.54) is 35.6 Å². The minimum Gasteiger partial charge on any atom is -0.481 e. The summed E-state index contributed by atoms with van der Waals surface area (Å²) in [5.74, 6) is -0.482. The van der Waals surface area contributed by atoms with Gasteiger partial charge in [0.25, 0.3) is 11.8 Å². The molecular formula is C23H27FN2O4S. The zero-order valence-electron chi connectivity index (χ0n) is 17.5. The summed E-state index contributed by atoms with van der Waals surface area (Å²) >= 11 is 1.47. The molecule has 0 spiro atoms. The Bertz CT molecular complexity index is 938. The van der Waals surface area contributed by atoms with E-state index in [1.54, 1.807) is 6.92 Å². The van der Waals surface area contributed by atoms with E-state index < -0.39 is 6.10 Å². The van der Waals surface area contributed by atoms with Crippen LogP contribution in [0.4, 0.5) is 9.39 Å². The molecule has 0 saturated carbocycles. The van der Waals surface area contributed by atoms with E-state index in [0.717, 1.165) is 55.6 Å². The maximum Gasteiger partial charge on any atom is 0.265 e. The molecule has 2 aromatic rings. The topological polar surface area (TPSA) is 76.7 Å². The minimum atomic E-state index is -0.799. The van der Waals surface area contributed by atoms with Gasteiger partial charge >= 0.3 is 0 Å². The van der Waals surface area contributed by atoms with Gasteiger partial charge < -0.3 is 20.1 Å². The summed E-state index contributed by atoms with van der Waals surface area (Å²) in [6, 6.07) is 5.52. The normalized spacial score (nSPS) is 18.8. The molecular weight excluding hydrogens is 419 g/mol. The maximum atomic E-state index is 13.1. The maximum absolute atomic E-state index is 13.1. The fourth-order valence-electron chi connectivity index (χ4n) is 3.98. The first-order valence-corrected chi connectivity index (χ1v) is 11.6. The molecule has 1 aromatic carbocycles. The number of aryl methyl sites for hydroxylation is 1. The number of hydrogen-bond donors (Lipinski definition) is 2. The predicted molar refractivity (Wildman–Crippen MR) is 117 cm³/mol. The number of fused-ring (bicyclic) bond motifs is 1. The van der Waals surface area contributed by atoms with E-state index >= 15 is 0 Å². The van der Waals surface area contributed by atoms with Crippen LogP contribution in [0.15, 0.2) is 24.3 Å². The zero-order valence-corrected chi connectivity index (χ0v) is 18.4. The summed E-state index contributed by atoms with van der Waals surface area (Å²) in [5.41, 5.74) is 1.61. The average molecular weight is 447 g/mol. The molecule has 1 aliphatic heterocycles. The van der Waals surface area contributed by atoms with Crippen molar-refractivity contribution >= 4 is 28.2 Å². The molecule has 2 heterocycles. The molecule has 0 unspecified atom stereocenters. The lowest BCUT2D eigenvalue weighted by Gasteiger charge is -2.16. The lowest BCUT2D eigenvalue weighted by molar-refractivity contribution is -0.122. The Morgan fingerprint density at radius 3 is 2.74 bits per heavy atom. The molecule has 1 aliphatic carbocycles. The Labute approximate surface area is 185 Å². The largest absolute Gasteiger partial charge is 0.481 e. The SMILES string of the molecule is C[C@H](Oc1ccc(F)cc1)C(=O)Nc1sc2c(c1C(=O)NC[C@H]1CCCO1)CCCC2. The Hall–Kier alpha value is -2.45. The highest BCUT2D eigenvalue weighted by Crippen LogP contribution is 2.38. The third-order valence-electron chi connectivity index (χ3n) is 5.65. The second kappa shape index (κ2) is 9.78. The van der Waals surface area contributed by atoms with Crippen molar-refractivity contribution in [3.05, 3.63) is 46.1 Å². The number of carbonyl (C=O) groups is 2. The van der Waals surface area contributed by atoms with Gasteiger partial charge in [0.2, 0.25) is 0 Å². The molecule has 0 radical (unpaired) electrons. The molecule has 2 amide bonds. The number of amides is 2. The number of carbonyl (C=O) groups excluding carboxylic acids is 2. The Kier molecular flexibility index (Phi) is 6.87. The van der Waals surface area contributed by atoms with Crippen molar-refractivity contribution in [3.8, 4) is 5.75 Å². The van der Waals surface area contributed by atoms with Gasteiger partial charge in [-0.05, 0) is 75.3 Å². The van der Waals surface area contributed by atoms with Crippen molar-refractivity contribution in [2.75, 3.05) is 18.5 Å². The standard InChI is InChI=1S/C23H27FN2O4S/c1-14(30-16-10-8-15(24)9-11-16)21(27)26-23-20(18-6-2-3-7-19(18)31-23)22(28)25-13-17-5-4-12-29-17/h8-11,14,17H,2-7,12-13H2,1H3,(H,25,28)(H,26,27)/t14-,17+/m0/s1. The van der Waals surface area contributed by atoms with Crippen LogP contribution in [-0.2, 0) is 22.4 Å². The van der Waals surface area contributed by atoms with Gasteiger partial charge in [-0.2, -0.15) is 0 Å². The summed E-state index contributed by atoms with van der Waals surface area (Å²) in [5, 5.41) is 6.45. The van der Waals surface area contributed by atoms with Crippen LogP contribution in [0.3, 0.4) is 0 Å². The first kappa shape index (κ1) is 21.8. The summed E-state index contributed by atoms with van der Waals surface area (Å²) in [6.45, 7) is 2.84. The van der Waals surface area contributed by atoms with Crippen LogP contribution in [0, 0.1) is 5.82 Å². The van der Waals surface area contributed by atoms with Crippen molar-refractivity contribution in [3.63, 3.8) is 0 Å². The number of nitrogens with one attached hydrogen (secondary N) is 2. The zero-order chi connectivity index (χ0) is 21.8. The molecule has 1 aromatic heterocycles. The fraction of sp³-hybridized carbons (Fsp3) is 0.478. The molecule has 1 fully saturated rings. The summed E-state index contributed by atoms with van der Waals surface area (Å²) in [7, 11) is 0. The van der Waals surface area contributed by atoms with Gasteiger partial charge in [0.15, 0.2) is 6.10 Å². The fourth-order valence-corrected chi connectivity index (χ4v) is 5.27. The number of halogens is 1. The quantitative estimate of drug-likeness (QED) is 0.672. The number of hydrogen-bond acceptors (Lipinski definition) is 5. The van der Waals surface area contributed by atoms with E-state index in [1.807, 2.05) is 0 Å². The highest BCUT2D eigenvalue weighted by atomic mass is 32.1. The van der Waals surface area contributed by atoms with E-state index in [2.05, 4.69) is 10.6 Å². The highest BCUT2D eigenvalue weighted by Gasteiger charge is 2.28. The van der Waals surface area contributed by atoms with Crippen LogP contribution >= 0.6 is 11.3 Å². The highest BCUT2D eigenvalue weighted by molar-refractivity contribution is 7.17. The molecule has 2 atom stereocenters. The van der Waals surface area contributed by atoms with E-state index in [0.29, 0.717) is 22.9 Å². The van der Waals surface area contributed by atoms with Crippen LogP contribution in [0.1, 0.15) is 53.4 Å². The molecule has 31 heavy (non-hydrogen) atoms. The van der Waals surface area contributed by atoms with E-state index in [4.69, 9.17) is 9.47 Å². The number of thiophene rings is 1. The smallest absolute Gasteiger partial charge is 0.265 e. The predicted octanol–water partition coefficient (Wildman–Crippen LogP) is 4.08. The van der Waals surface area contributed by atoms with Crippen molar-refractivity contribution < 1.29 is 23.5 Å². The van der Waals surface area contributed by atoms with Crippen LogP contribution in [0.25, 0.3) is 0 Å². The van der Waals surface area contributed by atoms with Crippen molar-refractivity contribution in [1.29, 1.82) is 0 Å². The third kappa shape index (κ3) is 5.25. The van der Waals surface area contributed by atoms with Crippen molar-refractivity contribution in [2.24, 2.45) is 0 Å². The number of rotatable bonds is 7. The van der Waals surface area contributed by atoms with Crippen molar-refractivity contribution in [1.82, 2.24) is 5.32 Å². The van der Waals surface area contributed by atoms with Crippen LogP contribution < -0.4 is 15.4 Å². The average Bonchev–Trinajstić information content (AvgIpc) is 3.41. The van der Waals surface area contributed by atoms with Gasteiger partial charge in [0.05, 0.1) is 11.7 Å². The molecule has 6 nitrogen and oxygen atoms in total. The monoisotopic (exact) mass is 446 g/mol. The second-order valence-electron chi connectivity index (χ2n) is 7.96. The minimum absolute atomic E-state index is 0.0561. The molecule has 2 N–H and O–H groups in total. The van der Waals surface area contributed by atoms with Crippen molar-refractivity contribution in [2.45, 2.75) is 57.7 Å². The lowest BCUT2D eigenvalue weighted by Crippen LogP contribution is -2.34. The summed E-state index contributed by atoms with van der Waals surface area (Å²) in [4.78, 5) is 27.0. The first-order valence-electron chi connectivity index (χ1n) is 10.8. The van der Waals surface area contributed by atoms with Gasteiger partial charge in [-0.25, -0.2) is 4.39 Å². The van der Waals surface area contributed by atoms with Crippen LogP contribution in [0.5, 0.6) is 5.75 Å². The van der Waals surface area contributed by atoms with Gasteiger partial charge in [-0.3, -0.25) is 9.59 Å². The molecule has 8 heteroatoms. The number of benzene rings is 1. The van der Waals surface area contributed by atoms with Gasteiger partial charge in [-0.1, -0.05) is 0 Å². The molecule has 4 rings (SSSR count). The molecule has 0 bridgehead atoms. The lowest BCUT2D eigenvalue weighted by atomic mass is 9.95. The van der Waals surface area contributed by atoms with Gasteiger partial charge in [0.1, 0.15) is 16.6 Å². The summed E-state index contributed by atoms with van der Waals surface area (Å²) in [6.07, 6.45) is 5.10. The van der Waals surface area contributed by atoms with E-state index in [-0.39, 0.29) is 23.7 Å². The van der Waals surface area contributed by atoms with Crippen LogP contribution in [-0.4, -0.2) is 37.2 Å². The Balaban J connectivity index is 1.47. The molecule has 166 valence electrons. The molecule has 2 aliphatic rings. The van der Waals surface area contributed by atoms with Gasteiger partial charge in [-0.15, -0.1) is 11.3 Å². The Morgan fingerprint density at radius 1 is 1.23 bits per heavy atom. The summed E-state index contributed by atoms with van der Waals surface area (Å²) < 4.78 is 24.3. The first-order chi connectivity index (χ1) is 15.0. The second-order valence-corrected chi connectivity index (χ2v) is 9.07. The van der Waals surface area contributed by atoms with Crippen LogP contribution in [0.2, 0.25) is 0 Å². The van der Waals surface area contributed by atoms with Gasteiger partial charge in [0, 0.05) is 18.0 Å². The number of anilines is 1. The molecule has 1 saturated heterocycles. The number of ether oxygens (including phenoxy) is 2. The van der Waals surface area contributed by atoms with E-state index in [9.17, 15) is 14.0 Å². The third-order valence-corrected chi connectivity index (χ3v) is 6.85.